The van der Waals surface area contributed by atoms with Gasteiger partial charge in [0.2, 0.25) is 0 Å². The number of nitrogens with zero attached hydrogens (tertiary/aromatic N) is 1. The Kier molecular flexibility index (Phi) is 5.07. The quantitative estimate of drug-likeness (QED) is 0.436. The molecule has 6 heteroatoms. The van der Waals surface area contributed by atoms with Crippen LogP contribution in [0.15, 0.2) is 65.6 Å². The predicted octanol–water partition coefficient (Wildman–Crippen LogP) is 5.26. The van der Waals surface area contributed by atoms with Gasteiger partial charge in [-0.15, -0.1) is 0 Å². The van der Waals surface area contributed by atoms with Crippen molar-refractivity contribution in [2.45, 2.75) is 0 Å². The van der Waals surface area contributed by atoms with Gasteiger partial charge in [0.05, 0.1) is 24.8 Å². The number of anilines is 1. The van der Waals surface area contributed by atoms with Gasteiger partial charge in [0.25, 0.3) is 5.91 Å². The van der Waals surface area contributed by atoms with Crippen molar-refractivity contribution >= 4 is 56.7 Å². The number of benzene rings is 3. The first kappa shape index (κ1) is 18.5. The van der Waals surface area contributed by atoms with Gasteiger partial charge in [-0.25, -0.2) is 0 Å². The Morgan fingerprint density at radius 1 is 0.964 bits per heavy atom. The first-order valence-electron chi connectivity index (χ1n) is 8.60. The number of fused-ring (bicyclic) bond motifs is 1. The molecular weight excluding hydrogens is 390 g/mol. The molecule has 0 atom stereocenters. The number of amides is 1. The molecule has 0 aliphatic carbocycles. The number of ether oxygens (including phenoxy) is 2. The second-order valence-electron chi connectivity index (χ2n) is 6.13. The Hall–Kier alpha value is -2.83. The normalized spacial score (nSPS) is 15.5. The SMILES string of the molecule is COc1cccc(/C=C2/SC(=S)N(c3ccc4ccccc4c3)C2=O)c1OC. The number of rotatable bonds is 4. The van der Waals surface area contributed by atoms with Crippen LogP contribution in [-0.2, 0) is 4.79 Å². The number of thiocarbonyl (C=S) groups is 1. The largest absolute Gasteiger partial charge is 0.493 e. The smallest absolute Gasteiger partial charge is 0.270 e. The lowest BCUT2D eigenvalue weighted by Crippen LogP contribution is -2.27. The molecule has 140 valence electrons. The summed E-state index contributed by atoms with van der Waals surface area (Å²) in [6.45, 7) is 0. The minimum Gasteiger partial charge on any atom is -0.493 e. The highest BCUT2D eigenvalue weighted by Crippen LogP contribution is 2.39. The summed E-state index contributed by atoms with van der Waals surface area (Å²) in [6, 6.07) is 19.5. The third-order valence-electron chi connectivity index (χ3n) is 4.50. The topological polar surface area (TPSA) is 38.8 Å². The van der Waals surface area contributed by atoms with Crippen LogP contribution in [0, 0.1) is 0 Å². The lowest BCUT2D eigenvalue weighted by atomic mass is 10.1. The van der Waals surface area contributed by atoms with Crippen LogP contribution in [0.25, 0.3) is 16.8 Å². The minimum absolute atomic E-state index is 0.143. The Morgan fingerprint density at radius 3 is 2.50 bits per heavy atom. The molecule has 1 saturated heterocycles. The van der Waals surface area contributed by atoms with Crippen LogP contribution in [-0.4, -0.2) is 24.4 Å². The average molecular weight is 408 g/mol. The summed E-state index contributed by atoms with van der Waals surface area (Å²) < 4.78 is 11.3. The third-order valence-corrected chi connectivity index (χ3v) is 5.81. The zero-order valence-corrected chi connectivity index (χ0v) is 17.0. The minimum atomic E-state index is -0.143. The van der Waals surface area contributed by atoms with Gasteiger partial charge in [0, 0.05) is 5.56 Å². The lowest BCUT2D eigenvalue weighted by Gasteiger charge is -2.15. The monoisotopic (exact) mass is 407 g/mol. The molecule has 0 N–H and O–H groups in total. The fourth-order valence-electron chi connectivity index (χ4n) is 3.17. The van der Waals surface area contributed by atoms with Crippen molar-refractivity contribution in [3.05, 3.63) is 71.1 Å². The van der Waals surface area contributed by atoms with E-state index in [2.05, 4.69) is 0 Å². The van der Waals surface area contributed by atoms with Crippen molar-refractivity contribution in [3.63, 3.8) is 0 Å². The number of hydrogen-bond donors (Lipinski definition) is 0. The molecule has 0 aromatic heterocycles. The highest BCUT2D eigenvalue weighted by atomic mass is 32.2. The molecule has 1 aliphatic heterocycles. The number of methoxy groups -OCH3 is 2. The zero-order chi connectivity index (χ0) is 19.7. The fourth-order valence-corrected chi connectivity index (χ4v) is 4.46. The maximum Gasteiger partial charge on any atom is 0.270 e. The van der Waals surface area contributed by atoms with E-state index in [0.717, 1.165) is 22.0 Å². The fraction of sp³-hybridized carbons (Fsp3) is 0.0909. The zero-order valence-electron chi connectivity index (χ0n) is 15.3. The molecule has 4 rings (SSSR count). The van der Waals surface area contributed by atoms with E-state index in [1.54, 1.807) is 25.2 Å². The molecule has 3 aromatic carbocycles. The number of carbonyl (C=O) groups is 1. The van der Waals surface area contributed by atoms with Gasteiger partial charge in [-0.05, 0) is 35.0 Å². The van der Waals surface area contributed by atoms with E-state index in [9.17, 15) is 4.79 Å². The maximum absolute atomic E-state index is 13.1. The van der Waals surface area contributed by atoms with E-state index in [0.29, 0.717) is 20.7 Å². The summed E-state index contributed by atoms with van der Waals surface area (Å²) in [5.74, 6) is 1.05. The number of hydrogen-bond acceptors (Lipinski definition) is 5. The average Bonchev–Trinajstić information content (AvgIpc) is 3.00. The van der Waals surface area contributed by atoms with Crippen molar-refractivity contribution in [1.29, 1.82) is 0 Å². The van der Waals surface area contributed by atoms with Gasteiger partial charge < -0.3 is 9.47 Å². The van der Waals surface area contributed by atoms with E-state index < -0.39 is 0 Å². The van der Waals surface area contributed by atoms with Crippen LogP contribution in [0.3, 0.4) is 0 Å². The highest BCUT2D eigenvalue weighted by Gasteiger charge is 2.33. The molecule has 0 unspecified atom stereocenters. The summed E-state index contributed by atoms with van der Waals surface area (Å²) >= 11 is 6.78. The Morgan fingerprint density at radius 2 is 1.75 bits per heavy atom. The van der Waals surface area contributed by atoms with Crippen molar-refractivity contribution in [3.8, 4) is 11.5 Å². The molecule has 1 amide bonds. The number of carbonyl (C=O) groups excluding carboxylic acids is 1. The first-order chi connectivity index (χ1) is 13.6. The molecule has 1 fully saturated rings. The molecule has 3 aromatic rings. The summed E-state index contributed by atoms with van der Waals surface area (Å²) in [7, 11) is 3.16. The molecule has 0 radical (unpaired) electrons. The Labute approximate surface area is 172 Å². The van der Waals surface area contributed by atoms with Crippen LogP contribution in [0.5, 0.6) is 11.5 Å². The second-order valence-corrected chi connectivity index (χ2v) is 7.81. The Bertz CT molecular complexity index is 1120. The predicted molar refractivity (Wildman–Crippen MR) is 119 cm³/mol. The van der Waals surface area contributed by atoms with E-state index in [1.165, 1.54) is 11.8 Å². The van der Waals surface area contributed by atoms with E-state index >= 15 is 0 Å². The molecule has 1 heterocycles. The van der Waals surface area contributed by atoms with Gasteiger partial charge in [0.1, 0.15) is 0 Å². The van der Waals surface area contributed by atoms with Crippen LogP contribution in [0.1, 0.15) is 5.56 Å². The van der Waals surface area contributed by atoms with E-state index in [1.807, 2.05) is 60.7 Å². The maximum atomic E-state index is 13.1. The first-order valence-corrected chi connectivity index (χ1v) is 9.82. The van der Waals surface area contributed by atoms with Gasteiger partial charge in [-0.1, -0.05) is 66.4 Å². The highest BCUT2D eigenvalue weighted by molar-refractivity contribution is 8.27. The molecule has 1 aliphatic rings. The number of para-hydroxylation sites is 1. The molecule has 4 nitrogen and oxygen atoms in total. The van der Waals surface area contributed by atoms with Crippen molar-refractivity contribution in [1.82, 2.24) is 0 Å². The molecule has 0 spiro atoms. The summed E-state index contributed by atoms with van der Waals surface area (Å²) in [4.78, 5) is 15.2. The van der Waals surface area contributed by atoms with Crippen LogP contribution in [0.4, 0.5) is 5.69 Å². The van der Waals surface area contributed by atoms with Gasteiger partial charge in [0.15, 0.2) is 15.8 Å². The second kappa shape index (κ2) is 7.66. The molecule has 0 bridgehead atoms. The molecular formula is C22H17NO3S2. The summed E-state index contributed by atoms with van der Waals surface area (Å²) in [6.07, 6.45) is 1.79. The van der Waals surface area contributed by atoms with Crippen LogP contribution in [0.2, 0.25) is 0 Å². The third kappa shape index (κ3) is 3.25. The van der Waals surface area contributed by atoms with E-state index in [-0.39, 0.29) is 5.91 Å². The van der Waals surface area contributed by atoms with Crippen molar-refractivity contribution in [2.24, 2.45) is 0 Å². The van der Waals surface area contributed by atoms with Gasteiger partial charge in [-0.3, -0.25) is 9.69 Å². The van der Waals surface area contributed by atoms with Gasteiger partial charge in [-0.2, -0.15) is 0 Å². The van der Waals surface area contributed by atoms with Gasteiger partial charge >= 0.3 is 0 Å². The number of thioether (sulfide) groups is 1. The van der Waals surface area contributed by atoms with Crippen LogP contribution < -0.4 is 14.4 Å². The lowest BCUT2D eigenvalue weighted by molar-refractivity contribution is -0.113. The van der Waals surface area contributed by atoms with Crippen LogP contribution >= 0.6 is 24.0 Å². The molecule has 28 heavy (non-hydrogen) atoms. The van der Waals surface area contributed by atoms with Crippen molar-refractivity contribution in [2.75, 3.05) is 19.1 Å². The standard InChI is InChI=1S/C22H17NO3S2/c1-25-18-9-5-8-16(20(18)26-2)13-19-21(24)23(22(27)28-19)17-11-10-14-6-3-4-7-15(14)12-17/h3-13H,1-2H3/b19-13+. The Balaban J connectivity index is 1.72. The molecule has 0 saturated carbocycles. The van der Waals surface area contributed by atoms with E-state index in [4.69, 9.17) is 21.7 Å². The summed E-state index contributed by atoms with van der Waals surface area (Å²) in [5.41, 5.74) is 1.53. The van der Waals surface area contributed by atoms with Crippen molar-refractivity contribution < 1.29 is 14.3 Å². The summed E-state index contributed by atoms with van der Waals surface area (Å²) in [5, 5.41) is 2.18.